The molecule has 0 spiro atoms. The summed E-state index contributed by atoms with van der Waals surface area (Å²) in [6, 6.07) is 0. The summed E-state index contributed by atoms with van der Waals surface area (Å²) in [5.74, 6) is 2.08. The Labute approximate surface area is 127 Å². The Morgan fingerprint density at radius 3 is 3.00 bits per heavy atom. The first-order valence-electron chi connectivity index (χ1n) is 7.57. The molecule has 0 bridgehead atoms. The van der Waals surface area contributed by atoms with Gasteiger partial charge in [-0.2, -0.15) is 11.8 Å². The lowest BCUT2D eigenvalue weighted by atomic mass is 10.3. The summed E-state index contributed by atoms with van der Waals surface area (Å²) in [7, 11) is 0. The minimum absolute atomic E-state index is 0.309. The molecule has 2 N–H and O–H groups in total. The molecular weight excluding hydrogens is 274 g/mol. The normalized spacial score (nSPS) is 19.3. The molecular formula is C14H29N3O2S. The number of hydrogen-bond donors (Lipinski definition) is 2. The summed E-state index contributed by atoms with van der Waals surface area (Å²) in [6.07, 6.45) is 5.59. The highest BCUT2D eigenvalue weighted by Gasteiger charge is 2.15. The van der Waals surface area contributed by atoms with Crippen LogP contribution in [0.4, 0.5) is 0 Å². The predicted octanol–water partition coefficient (Wildman–Crippen LogP) is 1.49. The van der Waals surface area contributed by atoms with Crippen molar-refractivity contribution in [1.82, 2.24) is 10.6 Å². The van der Waals surface area contributed by atoms with Gasteiger partial charge in [0, 0.05) is 32.8 Å². The predicted molar refractivity (Wildman–Crippen MR) is 86.8 cm³/mol. The molecule has 0 aromatic rings. The summed E-state index contributed by atoms with van der Waals surface area (Å²) in [6.45, 7) is 7.14. The molecule has 0 aromatic carbocycles. The molecule has 1 unspecified atom stereocenters. The molecule has 1 saturated heterocycles. The van der Waals surface area contributed by atoms with Crippen LogP contribution in [0.1, 0.15) is 26.2 Å². The summed E-state index contributed by atoms with van der Waals surface area (Å²) >= 11 is 1.87. The van der Waals surface area contributed by atoms with E-state index in [1.807, 2.05) is 11.8 Å². The zero-order valence-electron chi connectivity index (χ0n) is 12.8. The topological polar surface area (TPSA) is 54.9 Å². The largest absolute Gasteiger partial charge is 0.379 e. The van der Waals surface area contributed by atoms with Gasteiger partial charge in [0.1, 0.15) is 0 Å². The summed E-state index contributed by atoms with van der Waals surface area (Å²) in [4.78, 5) is 4.55. The van der Waals surface area contributed by atoms with Crippen LogP contribution >= 0.6 is 11.8 Å². The fourth-order valence-corrected chi connectivity index (χ4v) is 2.33. The first-order chi connectivity index (χ1) is 9.86. The lowest BCUT2D eigenvalue weighted by molar-refractivity contribution is 0.0420. The van der Waals surface area contributed by atoms with E-state index in [9.17, 15) is 0 Å². The van der Waals surface area contributed by atoms with Crippen molar-refractivity contribution < 1.29 is 9.47 Å². The number of nitrogens with zero attached hydrogens (tertiary/aromatic N) is 1. The lowest BCUT2D eigenvalue weighted by Crippen LogP contribution is -2.38. The zero-order chi connectivity index (χ0) is 14.5. The van der Waals surface area contributed by atoms with E-state index in [1.165, 1.54) is 5.75 Å². The van der Waals surface area contributed by atoms with E-state index in [0.717, 1.165) is 64.7 Å². The van der Waals surface area contributed by atoms with Crippen molar-refractivity contribution in [3.63, 3.8) is 0 Å². The van der Waals surface area contributed by atoms with Gasteiger partial charge in [-0.1, -0.05) is 0 Å². The SMILES string of the molecule is CCNC(=NCCCSC)NCCCOC1CCOC1. The smallest absolute Gasteiger partial charge is 0.191 e. The van der Waals surface area contributed by atoms with E-state index < -0.39 is 0 Å². The average Bonchev–Trinajstić information content (AvgIpc) is 2.96. The van der Waals surface area contributed by atoms with Gasteiger partial charge in [-0.3, -0.25) is 4.99 Å². The number of thioether (sulfide) groups is 1. The van der Waals surface area contributed by atoms with E-state index in [1.54, 1.807) is 0 Å². The zero-order valence-corrected chi connectivity index (χ0v) is 13.6. The third-order valence-corrected chi connectivity index (χ3v) is 3.67. The Balaban J connectivity index is 2.04. The number of hydrogen-bond acceptors (Lipinski definition) is 4. The number of guanidine groups is 1. The maximum atomic E-state index is 5.73. The maximum Gasteiger partial charge on any atom is 0.191 e. The fourth-order valence-electron chi connectivity index (χ4n) is 1.91. The van der Waals surface area contributed by atoms with E-state index >= 15 is 0 Å². The van der Waals surface area contributed by atoms with E-state index in [-0.39, 0.29) is 0 Å². The third-order valence-electron chi connectivity index (χ3n) is 2.98. The highest BCUT2D eigenvalue weighted by Crippen LogP contribution is 2.07. The molecule has 1 heterocycles. The Morgan fingerprint density at radius 2 is 2.30 bits per heavy atom. The number of nitrogens with one attached hydrogen (secondary N) is 2. The van der Waals surface area contributed by atoms with Crippen LogP contribution < -0.4 is 10.6 Å². The van der Waals surface area contributed by atoms with Gasteiger partial charge in [0.2, 0.25) is 0 Å². The van der Waals surface area contributed by atoms with Gasteiger partial charge in [-0.05, 0) is 38.2 Å². The Morgan fingerprint density at radius 1 is 1.40 bits per heavy atom. The molecule has 5 nitrogen and oxygen atoms in total. The number of aliphatic imine (C=N–C) groups is 1. The van der Waals surface area contributed by atoms with Gasteiger partial charge < -0.3 is 20.1 Å². The van der Waals surface area contributed by atoms with Crippen LogP contribution in [0.2, 0.25) is 0 Å². The fraction of sp³-hybridized carbons (Fsp3) is 0.929. The molecule has 0 amide bonds. The van der Waals surface area contributed by atoms with Crippen molar-refractivity contribution >= 4 is 17.7 Å². The van der Waals surface area contributed by atoms with Gasteiger partial charge in [0.05, 0.1) is 12.7 Å². The molecule has 1 fully saturated rings. The second kappa shape index (κ2) is 12.3. The van der Waals surface area contributed by atoms with Crippen LogP contribution in [-0.2, 0) is 9.47 Å². The number of ether oxygens (including phenoxy) is 2. The maximum absolute atomic E-state index is 5.73. The monoisotopic (exact) mass is 303 g/mol. The molecule has 118 valence electrons. The Bertz CT molecular complexity index is 259. The number of rotatable bonds is 10. The standard InChI is InChI=1S/C14H29N3O2S/c1-3-15-14(17-8-5-11-20-2)16-7-4-9-19-13-6-10-18-12-13/h13H,3-12H2,1-2H3,(H2,15,16,17). The lowest BCUT2D eigenvalue weighted by Gasteiger charge is -2.12. The molecule has 0 aliphatic carbocycles. The summed E-state index contributed by atoms with van der Waals surface area (Å²) in [5.41, 5.74) is 0. The molecule has 1 atom stereocenters. The molecule has 0 aromatic heterocycles. The average molecular weight is 303 g/mol. The quantitative estimate of drug-likeness (QED) is 0.364. The van der Waals surface area contributed by atoms with Crippen LogP contribution in [-0.4, -0.2) is 63.5 Å². The molecule has 1 aliphatic rings. The molecule has 1 rings (SSSR count). The van der Waals surface area contributed by atoms with Crippen molar-refractivity contribution in [1.29, 1.82) is 0 Å². The van der Waals surface area contributed by atoms with Crippen LogP contribution in [0.15, 0.2) is 4.99 Å². The second-order valence-corrected chi connectivity index (χ2v) is 5.73. The minimum atomic E-state index is 0.309. The van der Waals surface area contributed by atoms with Gasteiger partial charge >= 0.3 is 0 Å². The van der Waals surface area contributed by atoms with Gasteiger partial charge in [0.25, 0.3) is 0 Å². The van der Waals surface area contributed by atoms with Crippen molar-refractivity contribution in [2.75, 3.05) is 51.5 Å². The van der Waals surface area contributed by atoms with Gasteiger partial charge in [-0.15, -0.1) is 0 Å². The Hall–Kier alpha value is -0.460. The molecule has 20 heavy (non-hydrogen) atoms. The van der Waals surface area contributed by atoms with Crippen LogP contribution in [0.3, 0.4) is 0 Å². The van der Waals surface area contributed by atoms with Gasteiger partial charge in [0.15, 0.2) is 5.96 Å². The Kier molecular flexibility index (Phi) is 10.8. The summed E-state index contributed by atoms with van der Waals surface area (Å²) in [5, 5.41) is 6.61. The minimum Gasteiger partial charge on any atom is -0.379 e. The van der Waals surface area contributed by atoms with E-state index in [4.69, 9.17) is 9.47 Å². The third kappa shape index (κ3) is 8.66. The van der Waals surface area contributed by atoms with Gasteiger partial charge in [-0.25, -0.2) is 0 Å². The first-order valence-corrected chi connectivity index (χ1v) is 8.96. The van der Waals surface area contributed by atoms with Crippen LogP contribution in [0.25, 0.3) is 0 Å². The molecule has 0 radical (unpaired) electrons. The van der Waals surface area contributed by atoms with E-state index in [0.29, 0.717) is 6.10 Å². The van der Waals surface area contributed by atoms with Crippen molar-refractivity contribution in [2.45, 2.75) is 32.3 Å². The highest BCUT2D eigenvalue weighted by atomic mass is 32.2. The van der Waals surface area contributed by atoms with Crippen molar-refractivity contribution in [2.24, 2.45) is 4.99 Å². The van der Waals surface area contributed by atoms with Crippen molar-refractivity contribution in [3.8, 4) is 0 Å². The summed E-state index contributed by atoms with van der Waals surface area (Å²) < 4.78 is 11.0. The van der Waals surface area contributed by atoms with Crippen LogP contribution in [0, 0.1) is 0 Å². The first kappa shape index (κ1) is 17.6. The second-order valence-electron chi connectivity index (χ2n) is 4.74. The molecule has 1 aliphatic heterocycles. The van der Waals surface area contributed by atoms with E-state index in [2.05, 4.69) is 28.8 Å². The molecule has 0 saturated carbocycles. The molecule has 6 heteroatoms. The van der Waals surface area contributed by atoms with Crippen LogP contribution in [0.5, 0.6) is 0 Å². The highest BCUT2D eigenvalue weighted by molar-refractivity contribution is 7.98. The van der Waals surface area contributed by atoms with Crippen molar-refractivity contribution in [3.05, 3.63) is 0 Å².